The predicted octanol–water partition coefficient (Wildman–Crippen LogP) is 2.99. The van der Waals surface area contributed by atoms with Crippen molar-refractivity contribution in [3.05, 3.63) is 48.7 Å². The monoisotopic (exact) mass is 420 g/mol. The lowest BCUT2D eigenvalue weighted by atomic mass is 9.88. The third-order valence-corrected chi connectivity index (χ3v) is 6.01. The molecule has 2 bridgehead atoms. The first-order valence-electron chi connectivity index (χ1n) is 10.2. The highest BCUT2D eigenvalue weighted by Crippen LogP contribution is 2.45. The van der Waals surface area contributed by atoms with Crippen molar-refractivity contribution in [2.75, 3.05) is 24.9 Å². The van der Waals surface area contributed by atoms with Crippen molar-refractivity contribution >= 4 is 34.4 Å². The van der Waals surface area contributed by atoms with Gasteiger partial charge in [0.15, 0.2) is 0 Å². The molecule has 1 amide bonds. The SMILES string of the molecule is CONC(=O)C1C2C=CC(C2)C1Nc1nc(Nc2cccc(OC)c2)nc2[nH]ccc12. The Kier molecular flexibility index (Phi) is 4.95. The summed E-state index contributed by atoms with van der Waals surface area (Å²) in [5, 5.41) is 7.64. The zero-order valence-corrected chi connectivity index (χ0v) is 17.3. The highest BCUT2D eigenvalue weighted by Gasteiger charge is 2.48. The number of nitrogens with one attached hydrogen (secondary N) is 4. The Morgan fingerprint density at radius 1 is 1.16 bits per heavy atom. The van der Waals surface area contributed by atoms with Crippen LogP contribution in [0.4, 0.5) is 17.5 Å². The van der Waals surface area contributed by atoms with Crippen LogP contribution < -0.4 is 20.9 Å². The Labute approximate surface area is 179 Å². The molecule has 31 heavy (non-hydrogen) atoms. The number of hydroxylamine groups is 1. The molecule has 2 heterocycles. The number of nitrogens with zero attached hydrogens (tertiary/aromatic N) is 2. The molecule has 2 aromatic heterocycles. The lowest BCUT2D eigenvalue weighted by Crippen LogP contribution is -2.43. The van der Waals surface area contributed by atoms with E-state index in [1.807, 2.05) is 36.5 Å². The highest BCUT2D eigenvalue weighted by molar-refractivity contribution is 5.89. The summed E-state index contributed by atoms with van der Waals surface area (Å²) in [6.45, 7) is 0. The van der Waals surface area contributed by atoms with Gasteiger partial charge in [0.25, 0.3) is 0 Å². The molecule has 0 aliphatic heterocycles. The first-order chi connectivity index (χ1) is 15.2. The first kappa shape index (κ1) is 19.4. The fourth-order valence-corrected chi connectivity index (χ4v) is 4.64. The second-order valence-electron chi connectivity index (χ2n) is 7.81. The summed E-state index contributed by atoms with van der Waals surface area (Å²) in [5.74, 6) is 1.97. The second kappa shape index (κ2) is 7.92. The molecule has 1 aromatic carbocycles. The summed E-state index contributed by atoms with van der Waals surface area (Å²) in [7, 11) is 3.08. The summed E-state index contributed by atoms with van der Waals surface area (Å²) in [5.41, 5.74) is 4.02. The number of rotatable bonds is 7. The average Bonchev–Trinajstić information content (AvgIpc) is 3.50. The number of hydrogen-bond donors (Lipinski definition) is 4. The van der Waals surface area contributed by atoms with Gasteiger partial charge in [0.1, 0.15) is 17.2 Å². The van der Waals surface area contributed by atoms with Crippen LogP contribution in [0.25, 0.3) is 11.0 Å². The van der Waals surface area contributed by atoms with Crippen molar-refractivity contribution in [3.8, 4) is 5.75 Å². The molecule has 2 aliphatic carbocycles. The van der Waals surface area contributed by atoms with Crippen molar-refractivity contribution < 1.29 is 14.4 Å². The molecule has 160 valence electrons. The van der Waals surface area contributed by atoms with Gasteiger partial charge in [-0.25, -0.2) is 5.48 Å². The minimum Gasteiger partial charge on any atom is -0.497 e. The van der Waals surface area contributed by atoms with Crippen LogP contribution in [-0.4, -0.2) is 41.1 Å². The zero-order valence-electron chi connectivity index (χ0n) is 17.3. The number of carbonyl (C=O) groups excluding carboxylic acids is 1. The van der Waals surface area contributed by atoms with E-state index >= 15 is 0 Å². The molecule has 1 fully saturated rings. The van der Waals surface area contributed by atoms with Gasteiger partial charge in [0.05, 0.1) is 25.5 Å². The number of allylic oxidation sites excluding steroid dienone is 1. The van der Waals surface area contributed by atoms with E-state index in [0.29, 0.717) is 17.4 Å². The van der Waals surface area contributed by atoms with Crippen LogP contribution in [0.15, 0.2) is 48.7 Å². The van der Waals surface area contributed by atoms with Crippen LogP contribution in [0.2, 0.25) is 0 Å². The fourth-order valence-electron chi connectivity index (χ4n) is 4.64. The summed E-state index contributed by atoms with van der Waals surface area (Å²) in [6.07, 6.45) is 7.08. The Morgan fingerprint density at radius 2 is 2.03 bits per heavy atom. The number of ether oxygens (including phenoxy) is 1. The molecule has 4 N–H and O–H groups in total. The number of aromatic nitrogens is 3. The Balaban J connectivity index is 1.46. The van der Waals surface area contributed by atoms with Crippen LogP contribution in [0.1, 0.15) is 6.42 Å². The topological polar surface area (TPSA) is 113 Å². The predicted molar refractivity (Wildman–Crippen MR) is 117 cm³/mol. The maximum atomic E-state index is 12.6. The molecule has 0 radical (unpaired) electrons. The maximum absolute atomic E-state index is 12.6. The summed E-state index contributed by atoms with van der Waals surface area (Å²) in [6, 6.07) is 9.42. The number of fused-ring (bicyclic) bond motifs is 3. The van der Waals surface area contributed by atoms with Crippen LogP contribution in [0.3, 0.4) is 0 Å². The largest absolute Gasteiger partial charge is 0.497 e. The minimum absolute atomic E-state index is 0.0807. The molecule has 3 aromatic rings. The number of anilines is 3. The average molecular weight is 420 g/mol. The number of hydrogen-bond acceptors (Lipinski definition) is 7. The highest BCUT2D eigenvalue weighted by atomic mass is 16.6. The Bertz CT molecular complexity index is 1140. The number of amides is 1. The summed E-state index contributed by atoms with van der Waals surface area (Å²) >= 11 is 0. The van der Waals surface area contributed by atoms with Crippen molar-refractivity contribution in [1.82, 2.24) is 20.4 Å². The standard InChI is InChI=1S/C22H24N6O3/c1-30-15-5-3-4-14(11-15)24-22-26-19-16(8-9-23-19)20(27-22)25-18-13-7-6-12(10-13)17(18)21(29)28-31-2/h3-9,11-13,17-18H,10H2,1-2H3,(H,28,29)(H3,23,24,25,26,27). The third kappa shape index (κ3) is 3.57. The van der Waals surface area contributed by atoms with Crippen molar-refractivity contribution in [1.29, 1.82) is 0 Å². The quantitative estimate of drug-likeness (QED) is 0.343. The first-order valence-corrected chi connectivity index (χ1v) is 10.2. The third-order valence-electron chi connectivity index (χ3n) is 6.01. The summed E-state index contributed by atoms with van der Waals surface area (Å²) in [4.78, 5) is 30.0. The van der Waals surface area contributed by atoms with Gasteiger partial charge in [-0.05, 0) is 36.5 Å². The van der Waals surface area contributed by atoms with E-state index in [0.717, 1.165) is 23.2 Å². The Hall–Kier alpha value is -3.59. The normalized spacial score (nSPS) is 23.8. The molecule has 1 saturated carbocycles. The molecule has 5 rings (SSSR count). The lowest BCUT2D eigenvalue weighted by Gasteiger charge is -2.28. The van der Waals surface area contributed by atoms with E-state index < -0.39 is 0 Å². The second-order valence-corrected chi connectivity index (χ2v) is 7.81. The molecule has 0 spiro atoms. The molecule has 4 atom stereocenters. The fraction of sp³-hybridized carbons (Fsp3) is 0.318. The van der Waals surface area contributed by atoms with E-state index in [4.69, 9.17) is 14.6 Å². The van der Waals surface area contributed by atoms with Gasteiger partial charge in [-0.2, -0.15) is 9.97 Å². The minimum atomic E-state index is -0.228. The number of carbonyl (C=O) groups is 1. The van der Waals surface area contributed by atoms with Gasteiger partial charge < -0.3 is 20.4 Å². The molecule has 2 aliphatic rings. The molecule has 0 saturated heterocycles. The molecule has 4 unspecified atom stereocenters. The van der Waals surface area contributed by atoms with Crippen molar-refractivity contribution in [2.24, 2.45) is 17.8 Å². The van der Waals surface area contributed by atoms with E-state index in [9.17, 15) is 4.79 Å². The van der Waals surface area contributed by atoms with Gasteiger partial charge in [-0.1, -0.05) is 18.2 Å². The van der Waals surface area contributed by atoms with Gasteiger partial charge in [0.2, 0.25) is 11.9 Å². The lowest BCUT2D eigenvalue weighted by molar-refractivity contribution is -0.136. The van der Waals surface area contributed by atoms with E-state index in [-0.39, 0.29) is 29.7 Å². The molecular formula is C22H24N6O3. The maximum Gasteiger partial charge on any atom is 0.249 e. The number of methoxy groups -OCH3 is 1. The van der Waals surface area contributed by atoms with E-state index in [1.54, 1.807) is 7.11 Å². The van der Waals surface area contributed by atoms with Crippen LogP contribution in [0.5, 0.6) is 5.75 Å². The van der Waals surface area contributed by atoms with Crippen molar-refractivity contribution in [3.63, 3.8) is 0 Å². The van der Waals surface area contributed by atoms with Gasteiger partial charge >= 0.3 is 0 Å². The van der Waals surface area contributed by atoms with E-state index in [2.05, 4.69) is 38.2 Å². The number of aromatic amines is 1. The zero-order chi connectivity index (χ0) is 21.4. The van der Waals surface area contributed by atoms with Crippen molar-refractivity contribution in [2.45, 2.75) is 12.5 Å². The molecule has 9 nitrogen and oxygen atoms in total. The van der Waals surface area contributed by atoms with Crippen LogP contribution in [0, 0.1) is 17.8 Å². The van der Waals surface area contributed by atoms with Gasteiger partial charge in [-0.3, -0.25) is 9.63 Å². The van der Waals surface area contributed by atoms with E-state index in [1.165, 1.54) is 7.11 Å². The van der Waals surface area contributed by atoms with Gasteiger partial charge in [-0.15, -0.1) is 0 Å². The smallest absolute Gasteiger partial charge is 0.249 e. The molecule has 9 heteroatoms. The molecular weight excluding hydrogens is 396 g/mol. The van der Waals surface area contributed by atoms with Crippen LogP contribution >= 0.6 is 0 Å². The van der Waals surface area contributed by atoms with Gasteiger partial charge in [0, 0.05) is 24.0 Å². The Morgan fingerprint density at radius 3 is 2.87 bits per heavy atom. The summed E-state index contributed by atoms with van der Waals surface area (Å²) < 4.78 is 5.29. The number of benzene rings is 1. The number of H-pyrrole nitrogens is 1. The van der Waals surface area contributed by atoms with Crippen LogP contribution in [-0.2, 0) is 9.63 Å².